The van der Waals surface area contributed by atoms with Gasteiger partial charge >= 0.3 is 14.3 Å². The summed E-state index contributed by atoms with van der Waals surface area (Å²) in [5.74, 6) is 0.269. The fraction of sp³-hybridized carbons (Fsp3) is 0.312. The summed E-state index contributed by atoms with van der Waals surface area (Å²) in [5.41, 5.74) is 5.92. The molecule has 28 heavy (non-hydrogen) atoms. The molecule has 4 atom stereocenters. The van der Waals surface area contributed by atoms with Crippen LogP contribution < -0.4 is 10.3 Å². The van der Waals surface area contributed by atoms with Crippen LogP contribution in [-0.2, 0) is 13.8 Å². The van der Waals surface area contributed by atoms with Crippen LogP contribution in [0.3, 0.4) is 0 Å². The Kier molecular flexibility index (Phi) is 5.21. The van der Waals surface area contributed by atoms with Crippen LogP contribution in [0.2, 0.25) is 0 Å². The van der Waals surface area contributed by atoms with Crippen molar-refractivity contribution in [3.05, 3.63) is 42.7 Å². The number of para-hydroxylation sites is 1. The molecule has 1 fully saturated rings. The molecule has 4 rings (SSSR count). The molecule has 1 aromatic carbocycles. The van der Waals surface area contributed by atoms with E-state index in [0.717, 1.165) is 0 Å². The highest BCUT2D eigenvalue weighted by molar-refractivity contribution is 7.33. The van der Waals surface area contributed by atoms with E-state index < -0.39 is 32.8 Å². The van der Waals surface area contributed by atoms with Gasteiger partial charge < -0.3 is 15.0 Å². The Balaban J connectivity index is 1.40. The summed E-state index contributed by atoms with van der Waals surface area (Å²) >= 11 is 0. The van der Waals surface area contributed by atoms with Crippen molar-refractivity contribution in [2.24, 2.45) is 0 Å². The smallest absolute Gasteiger partial charge is 0.367 e. The van der Waals surface area contributed by atoms with Gasteiger partial charge in [-0.2, -0.15) is 14.4 Å². The van der Waals surface area contributed by atoms with Crippen molar-refractivity contribution in [1.29, 1.82) is 0 Å². The van der Waals surface area contributed by atoms with E-state index in [4.69, 9.17) is 19.5 Å². The number of fused-ring (bicyclic) bond motifs is 1. The Morgan fingerprint density at radius 3 is 2.89 bits per heavy atom. The first kappa shape index (κ1) is 18.7. The Morgan fingerprint density at radius 2 is 2.11 bits per heavy atom. The van der Waals surface area contributed by atoms with Crippen LogP contribution in [0.5, 0.6) is 5.75 Å². The molecule has 1 aliphatic rings. The van der Waals surface area contributed by atoms with Gasteiger partial charge in [0.2, 0.25) is 0 Å². The van der Waals surface area contributed by atoms with Gasteiger partial charge in [0.15, 0.2) is 17.0 Å². The fourth-order valence-electron chi connectivity index (χ4n) is 2.90. The van der Waals surface area contributed by atoms with Crippen molar-refractivity contribution in [2.45, 2.75) is 24.9 Å². The number of ether oxygens (including phenoxy) is 1. The van der Waals surface area contributed by atoms with E-state index in [1.54, 1.807) is 30.3 Å². The topological polar surface area (TPSA) is 114 Å². The third kappa shape index (κ3) is 3.82. The first-order chi connectivity index (χ1) is 13.5. The third-order valence-corrected chi connectivity index (χ3v) is 5.01. The van der Waals surface area contributed by atoms with Gasteiger partial charge in [-0.1, -0.05) is 18.2 Å². The molecule has 0 spiro atoms. The van der Waals surface area contributed by atoms with Crippen LogP contribution in [0.1, 0.15) is 12.6 Å². The van der Waals surface area contributed by atoms with Crippen molar-refractivity contribution < 1.29 is 27.1 Å². The summed E-state index contributed by atoms with van der Waals surface area (Å²) in [5, 5.41) is 0. The minimum absolute atomic E-state index is 0.0362. The minimum atomic E-state index is -2.87. The van der Waals surface area contributed by atoms with Gasteiger partial charge in [0.1, 0.15) is 24.3 Å². The van der Waals surface area contributed by atoms with Gasteiger partial charge in [0, 0.05) is 6.42 Å². The predicted octanol–water partition coefficient (Wildman–Crippen LogP) is 2.66. The zero-order valence-corrected chi connectivity index (χ0v) is 15.4. The van der Waals surface area contributed by atoms with Crippen molar-refractivity contribution in [3.63, 3.8) is 0 Å². The standard InChI is InChI=1S/C16H16F2N5O4P/c17-10-6-12(23-8-20-13-14(19)21-16(18)22-15(13)23)26-11(10)7-25-28(24)27-9-4-2-1-3-5-9/h1-5,8,10-12,28H,6-7H2,(H2,19,21,22)/t10-,11+,12+/m0/s1. The van der Waals surface area contributed by atoms with E-state index in [1.807, 2.05) is 0 Å². The van der Waals surface area contributed by atoms with E-state index in [0.29, 0.717) is 5.75 Å². The summed E-state index contributed by atoms with van der Waals surface area (Å²) in [6.07, 6.45) is -2.88. The number of halogens is 2. The molecule has 0 radical (unpaired) electrons. The number of rotatable bonds is 6. The van der Waals surface area contributed by atoms with Gasteiger partial charge in [0.05, 0.1) is 12.9 Å². The van der Waals surface area contributed by atoms with E-state index >= 15 is 0 Å². The van der Waals surface area contributed by atoms with Crippen molar-refractivity contribution in [2.75, 3.05) is 12.3 Å². The predicted molar refractivity (Wildman–Crippen MR) is 95.1 cm³/mol. The Morgan fingerprint density at radius 1 is 1.32 bits per heavy atom. The molecule has 2 N–H and O–H groups in total. The van der Waals surface area contributed by atoms with Crippen LogP contribution in [0.4, 0.5) is 14.6 Å². The number of nitrogens with two attached hydrogens (primary N) is 1. The fourth-order valence-corrected chi connectivity index (χ4v) is 3.58. The third-order valence-electron chi connectivity index (χ3n) is 4.20. The van der Waals surface area contributed by atoms with Gasteiger partial charge in [-0.15, -0.1) is 0 Å². The number of hydrogen-bond acceptors (Lipinski definition) is 8. The van der Waals surface area contributed by atoms with Gasteiger partial charge in [0.25, 0.3) is 0 Å². The van der Waals surface area contributed by atoms with E-state index in [2.05, 4.69) is 15.0 Å². The van der Waals surface area contributed by atoms with Gasteiger partial charge in [-0.3, -0.25) is 9.09 Å². The van der Waals surface area contributed by atoms with E-state index in [1.165, 1.54) is 10.9 Å². The van der Waals surface area contributed by atoms with E-state index in [9.17, 15) is 13.3 Å². The van der Waals surface area contributed by atoms with Crippen molar-refractivity contribution in [1.82, 2.24) is 19.5 Å². The van der Waals surface area contributed by atoms with Crippen LogP contribution in [-0.4, -0.2) is 38.4 Å². The molecule has 0 amide bonds. The number of aromatic nitrogens is 4. The average molecular weight is 411 g/mol. The van der Waals surface area contributed by atoms with Crippen LogP contribution in [0.25, 0.3) is 11.2 Å². The lowest BCUT2D eigenvalue weighted by Gasteiger charge is -2.15. The highest BCUT2D eigenvalue weighted by Gasteiger charge is 2.38. The Bertz CT molecular complexity index is 1010. The minimum Gasteiger partial charge on any atom is -0.426 e. The summed E-state index contributed by atoms with van der Waals surface area (Å²) in [7, 11) is -2.87. The second-order valence-corrected chi connectivity index (χ2v) is 7.05. The Hall–Kier alpha value is -2.62. The van der Waals surface area contributed by atoms with Gasteiger partial charge in [-0.05, 0) is 12.1 Å². The maximum atomic E-state index is 14.4. The summed E-state index contributed by atoms with van der Waals surface area (Å²) in [6, 6.07) is 8.49. The molecule has 1 unspecified atom stereocenters. The van der Waals surface area contributed by atoms with Crippen molar-refractivity contribution >= 4 is 25.2 Å². The largest absolute Gasteiger partial charge is 0.426 e. The highest BCUT2D eigenvalue weighted by Crippen LogP contribution is 2.35. The lowest BCUT2D eigenvalue weighted by Crippen LogP contribution is -2.22. The number of nitrogens with zero attached hydrogens (tertiary/aromatic N) is 4. The number of anilines is 1. The average Bonchev–Trinajstić information content (AvgIpc) is 3.24. The second-order valence-electron chi connectivity index (χ2n) is 6.06. The number of imidazole rings is 1. The molecule has 1 aliphatic heterocycles. The first-order valence-electron chi connectivity index (χ1n) is 8.36. The monoisotopic (exact) mass is 411 g/mol. The molecule has 9 nitrogen and oxygen atoms in total. The zero-order chi connectivity index (χ0) is 19.7. The lowest BCUT2D eigenvalue weighted by atomic mass is 10.2. The molecule has 1 saturated heterocycles. The number of nitrogen functional groups attached to an aromatic ring is 1. The van der Waals surface area contributed by atoms with Crippen molar-refractivity contribution in [3.8, 4) is 5.75 Å². The molecule has 2 aromatic heterocycles. The summed E-state index contributed by atoms with van der Waals surface area (Å²) in [4.78, 5) is 11.1. The highest BCUT2D eigenvalue weighted by atomic mass is 31.1. The number of hydrogen-bond donors (Lipinski definition) is 1. The molecular formula is C16H16F2N5O4P. The maximum Gasteiger partial charge on any atom is 0.367 e. The SMILES string of the molecule is Nc1nc(F)nc2c1ncn2[C@H]1C[C@H](F)[C@@H](CO[PH](=O)Oc2ccccc2)O1. The molecule has 12 heteroatoms. The number of alkyl halides is 1. The van der Waals surface area contributed by atoms with Crippen LogP contribution in [0, 0.1) is 6.08 Å². The second kappa shape index (κ2) is 7.78. The van der Waals surface area contributed by atoms with Crippen LogP contribution >= 0.6 is 8.25 Å². The molecule has 0 aliphatic carbocycles. The molecule has 0 saturated carbocycles. The number of benzene rings is 1. The Labute approximate surface area is 158 Å². The molecule has 0 bridgehead atoms. The quantitative estimate of drug-likeness (QED) is 0.486. The molecule has 3 heterocycles. The van der Waals surface area contributed by atoms with Crippen LogP contribution in [0.15, 0.2) is 36.7 Å². The zero-order valence-electron chi connectivity index (χ0n) is 14.4. The van der Waals surface area contributed by atoms with Gasteiger partial charge in [-0.25, -0.2) is 13.9 Å². The molecule has 3 aromatic rings. The molecular weight excluding hydrogens is 395 g/mol. The summed E-state index contributed by atoms with van der Waals surface area (Å²) in [6.45, 7) is -0.263. The first-order valence-corrected chi connectivity index (χ1v) is 9.58. The summed E-state index contributed by atoms with van der Waals surface area (Å²) < 4.78 is 57.0. The van der Waals surface area contributed by atoms with E-state index in [-0.39, 0.29) is 30.0 Å². The normalized spacial score (nSPS) is 23.1. The molecule has 148 valence electrons. The lowest BCUT2D eigenvalue weighted by molar-refractivity contribution is -0.0274. The maximum absolute atomic E-state index is 14.4.